The number of carbonyl (C=O) groups excluding carboxylic acids is 3. The molecule has 0 spiro atoms. The molecular weight excluding hydrogens is 500 g/mol. The first-order chi connectivity index (χ1) is 17.4. The van der Waals surface area contributed by atoms with E-state index in [1.807, 2.05) is 26.8 Å². The zero-order valence-electron chi connectivity index (χ0n) is 22.3. The standard InChI is InChI=1S/C27H35ClN2O7/c1-8-34-22-11-12-29-24(25(22)36-19(7)31)26(32)30-17(5)27(33)35-18(6)23(13-15(2)3)37-21-10-9-16(4)14-20(21)28/h9-12,14-15,17-18,23H,8,13H2,1-7H3,(H,30,32)/t17-,18-,23+/m0/s1. The summed E-state index contributed by atoms with van der Waals surface area (Å²) < 4.78 is 22.4. The molecule has 202 valence electrons. The Kier molecular flexibility index (Phi) is 11.2. The average molecular weight is 535 g/mol. The van der Waals surface area contributed by atoms with Crippen molar-refractivity contribution in [2.45, 2.75) is 73.1 Å². The molecule has 10 heteroatoms. The number of aryl methyl sites for hydroxylation is 1. The summed E-state index contributed by atoms with van der Waals surface area (Å²) in [5.74, 6) is -1.21. The minimum atomic E-state index is -1.03. The van der Waals surface area contributed by atoms with Crippen molar-refractivity contribution in [3.63, 3.8) is 0 Å². The van der Waals surface area contributed by atoms with Crippen LogP contribution in [0.3, 0.4) is 0 Å². The van der Waals surface area contributed by atoms with Gasteiger partial charge in [-0.1, -0.05) is 31.5 Å². The summed E-state index contributed by atoms with van der Waals surface area (Å²) in [5.41, 5.74) is 0.809. The highest BCUT2D eigenvalue weighted by Gasteiger charge is 2.29. The van der Waals surface area contributed by atoms with Gasteiger partial charge in [-0.05, 0) is 57.7 Å². The van der Waals surface area contributed by atoms with Crippen LogP contribution in [0.25, 0.3) is 0 Å². The van der Waals surface area contributed by atoms with Crippen LogP contribution in [-0.4, -0.2) is 47.7 Å². The predicted octanol–water partition coefficient (Wildman–Crippen LogP) is 4.91. The Morgan fingerprint density at radius 3 is 2.38 bits per heavy atom. The van der Waals surface area contributed by atoms with Crippen LogP contribution in [0.4, 0.5) is 0 Å². The van der Waals surface area contributed by atoms with Crippen molar-refractivity contribution < 1.29 is 33.3 Å². The Morgan fingerprint density at radius 2 is 1.78 bits per heavy atom. The van der Waals surface area contributed by atoms with Crippen LogP contribution in [0.2, 0.25) is 5.02 Å². The van der Waals surface area contributed by atoms with Gasteiger partial charge in [-0.3, -0.25) is 9.59 Å². The van der Waals surface area contributed by atoms with E-state index in [1.165, 1.54) is 26.1 Å². The molecule has 0 aliphatic rings. The van der Waals surface area contributed by atoms with Gasteiger partial charge >= 0.3 is 11.9 Å². The number of halogens is 1. The summed E-state index contributed by atoms with van der Waals surface area (Å²) in [6.07, 6.45) is 0.858. The Labute approximate surface area is 222 Å². The molecule has 1 aromatic heterocycles. The van der Waals surface area contributed by atoms with E-state index in [0.717, 1.165) is 5.56 Å². The van der Waals surface area contributed by atoms with Crippen LogP contribution < -0.4 is 19.5 Å². The Morgan fingerprint density at radius 1 is 1.08 bits per heavy atom. The van der Waals surface area contributed by atoms with Gasteiger partial charge in [0.05, 0.1) is 11.6 Å². The molecule has 9 nitrogen and oxygen atoms in total. The second-order valence-corrected chi connectivity index (χ2v) is 9.48. The first kappa shape index (κ1) is 29.9. The third-order valence-electron chi connectivity index (χ3n) is 5.23. The van der Waals surface area contributed by atoms with Crippen LogP contribution in [-0.2, 0) is 14.3 Å². The van der Waals surface area contributed by atoms with Crippen LogP contribution in [0.15, 0.2) is 30.5 Å². The minimum absolute atomic E-state index is 0.122. The predicted molar refractivity (Wildman–Crippen MR) is 139 cm³/mol. The number of carbonyl (C=O) groups is 3. The largest absolute Gasteiger partial charge is 0.490 e. The Bertz CT molecular complexity index is 1110. The first-order valence-corrected chi connectivity index (χ1v) is 12.5. The van der Waals surface area contributed by atoms with Crippen molar-refractivity contribution in [1.82, 2.24) is 10.3 Å². The van der Waals surface area contributed by atoms with E-state index in [0.29, 0.717) is 17.2 Å². The van der Waals surface area contributed by atoms with Gasteiger partial charge < -0.3 is 24.3 Å². The summed E-state index contributed by atoms with van der Waals surface area (Å²) >= 11 is 6.34. The van der Waals surface area contributed by atoms with Crippen molar-refractivity contribution in [1.29, 1.82) is 0 Å². The van der Waals surface area contributed by atoms with E-state index in [9.17, 15) is 14.4 Å². The molecule has 0 saturated heterocycles. The molecule has 1 heterocycles. The maximum atomic E-state index is 12.9. The van der Waals surface area contributed by atoms with Gasteiger partial charge in [0.15, 0.2) is 11.4 Å². The van der Waals surface area contributed by atoms with Crippen molar-refractivity contribution in [2.24, 2.45) is 5.92 Å². The van der Waals surface area contributed by atoms with Crippen LogP contribution in [0.5, 0.6) is 17.2 Å². The Hall–Kier alpha value is -3.33. The number of esters is 2. The van der Waals surface area contributed by atoms with Crippen molar-refractivity contribution in [3.05, 3.63) is 46.7 Å². The average Bonchev–Trinajstić information content (AvgIpc) is 2.80. The van der Waals surface area contributed by atoms with Crippen molar-refractivity contribution in [3.8, 4) is 17.2 Å². The monoisotopic (exact) mass is 534 g/mol. The number of nitrogens with one attached hydrogen (secondary N) is 1. The molecule has 0 aliphatic heterocycles. The van der Waals surface area contributed by atoms with E-state index >= 15 is 0 Å². The van der Waals surface area contributed by atoms with E-state index in [1.54, 1.807) is 26.0 Å². The summed E-state index contributed by atoms with van der Waals surface area (Å²) in [7, 11) is 0. The molecule has 0 bridgehead atoms. The van der Waals surface area contributed by atoms with Crippen LogP contribution in [0, 0.1) is 12.8 Å². The van der Waals surface area contributed by atoms with Crippen LogP contribution in [0.1, 0.15) is 64.0 Å². The topological polar surface area (TPSA) is 113 Å². The second-order valence-electron chi connectivity index (χ2n) is 9.07. The van der Waals surface area contributed by atoms with Crippen molar-refractivity contribution >= 4 is 29.4 Å². The van der Waals surface area contributed by atoms with Gasteiger partial charge in [-0.2, -0.15) is 0 Å². The summed E-state index contributed by atoms with van der Waals surface area (Å²) in [6, 6.07) is 5.93. The molecule has 2 rings (SSSR count). The van der Waals surface area contributed by atoms with Gasteiger partial charge in [0.25, 0.3) is 5.91 Å². The molecule has 1 aromatic carbocycles. The van der Waals surface area contributed by atoms with E-state index < -0.39 is 36.1 Å². The number of ether oxygens (including phenoxy) is 4. The minimum Gasteiger partial charge on any atom is -0.490 e. The first-order valence-electron chi connectivity index (χ1n) is 12.2. The van der Waals surface area contributed by atoms with E-state index in [-0.39, 0.29) is 29.7 Å². The SMILES string of the molecule is CCOc1ccnc(C(=O)N[C@@H](C)C(=O)O[C@@H](C)[C@@H](CC(C)C)Oc2ccc(C)cc2Cl)c1OC(C)=O. The lowest BCUT2D eigenvalue weighted by molar-refractivity contribution is -0.155. The number of rotatable bonds is 12. The number of pyridine rings is 1. The number of aromatic nitrogens is 1. The highest BCUT2D eigenvalue weighted by Crippen LogP contribution is 2.31. The summed E-state index contributed by atoms with van der Waals surface area (Å²) in [6.45, 7) is 12.5. The molecule has 0 unspecified atom stereocenters. The van der Waals surface area contributed by atoms with E-state index in [4.69, 9.17) is 30.5 Å². The summed E-state index contributed by atoms with van der Waals surface area (Å²) in [5, 5.41) is 3.01. The van der Waals surface area contributed by atoms with Gasteiger partial charge in [0.2, 0.25) is 5.75 Å². The molecule has 0 aliphatic carbocycles. The molecule has 0 saturated carbocycles. The van der Waals surface area contributed by atoms with Crippen LogP contribution >= 0.6 is 11.6 Å². The normalized spacial score (nSPS) is 13.3. The molecule has 0 fully saturated rings. The lowest BCUT2D eigenvalue weighted by Gasteiger charge is -2.28. The molecule has 1 N–H and O–H groups in total. The molecule has 37 heavy (non-hydrogen) atoms. The number of nitrogens with zero attached hydrogens (tertiary/aromatic N) is 1. The lowest BCUT2D eigenvalue weighted by atomic mass is 10.0. The number of hydrogen-bond donors (Lipinski definition) is 1. The fourth-order valence-corrected chi connectivity index (χ4v) is 3.73. The quantitative estimate of drug-likeness (QED) is 0.382. The fourth-order valence-electron chi connectivity index (χ4n) is 3.45. The van der Waals surface area contributed by atoms with Gasteiger partial charge in [-0.25, -0.2) is 9.78 Å². The van der Waals surface area contributed by atoms with E-state index in [2.05, 4.69) is 10.3 Å². The maximum absolute atomic E-state index is 12.9. The number of amides is 1. The van der Waals surface area contributed by atoms with Crippen molar-refractivity contribution in [2.75, 3.05) is 6.61 Å². The summed E-state index contributed by atoms with van der Waals surface area (Å²) in [4.78, 5) is 41.4. The second kappa shape index (κ2) is 13.8. The molecule has 1 amide bonds. The molecule has 0 radical (unpaired) electrons. The smallest absolute Gasteiger partial charge is 0.328 e. The van der Waals surface area contributed by atoms with Gasteiger partial charge in [-0.15, -0.1) is 0 Å². The third kappa shape index (κ3) is 8.93. The molecule has 3 atom stereocenters. The fraction of sp³-hybridized carbons (Fsp3) is 0.481. The lowest BCUT2D eigenvalue weighted by Crippen LogP contribution is -2.43. The number of hydrogen-bond acceptors (Lipinski definition) is 8. The third-order valence-corrected chi connectivity index (χ3v) is 5.52. The van der Waals surface area contributed by atoms with Gasteiger partial charge in [0, 0.05) is 19.2 Å². The molecule has 2 aromatic rings. The zero-order chi connectivity index (χ0) is 27.7. The highest BCUT2D eigenvalue weighted by atomic mass is 35.5. The van der Waals surface area contributed by atoms with Gasteiger partial charge in [0.1, 0.15) is 24.0 Å². The highest BCUT2D eigenvalue weighted by molar-refractivity contribution is 6.32. The number of benzene rings is 1. The maximum Gasteiger partial charge on any atom is 0.328 e. The zero-order valence-corrected chi connectivity index (χ0v) is 23.0. The molecular formula is C27H35ClN2O7. The Balaban J connectivity index is 2.13.